The number of aliphatic hydroxyl groups excluding tert-OH is 1. The van der Waals surface area contributed by atoms with Crippen LogP contribution in [-0.2, 0) is 10.0 Å². The number of β-amino-alcohol motifs (C(OH)–C–C–N with tert-alkyl or cyclic N) is 1. The number of aryl methyl sites for hydroxylation is 1. The summed E-state index contributed by atoms with van der Waals surface area (Å²) in [5.74, 6) is 0.865. The summed E-state index contributed by atoms with van der Waals surface area (Å²) >= 11 is 1.95. The number of hydrogen-bond donors (Lipinski definition) is 1. The fourth-order valence-electron chi connectivity index (χ4n) is 2.75. The molecule has 0 bridgehead atoms. The number of nitrogens with zero attached hydrogens (tertiary/aromatic N) is 1. The van der Waals surface area contributed by atoms with Gasteiger partial charge in [-0.2, -0.15) is 15.5 Å². The second-order valence-corrected chi connectivity index (χ2v) is 12.4. The molecule has 0 amide bonds. The predicted octanol–water partition coefficient (Wildman–Crippen LogP) is 2.15. The minimum Gasteiger partial charge on any atom is -0.392 e. The molecule has 1 aromatic carbocycles. The highest BCUT2D eigenvalue weighted by atomic mass is 32.4. The van der Waals surface area contributed by atoms with Crippen molar-refractivity contribution in [2.45, 2.75) is 56.2 Å². The van der Waals surface area contributed by atoms with Crippen LogP contribution in [0.2, 0.25) is 6.04 Å². The van der Waals surface area contributed by atoms with E-state index in [0.29, 0.717) is 11.3 Å². The Morgan fingerprint density at radius 2 is 2.00 bits per heavy atom. The molecule has 130 valence electrons. The molecule has 1 fully saturated rings. The minimum atomic E-state index is -3.53. The van der Waals surface area contributed by atoms with E-state index in [9.17, 15) is 13.5 Å². The lowest BCUT2D eigenvalue weighted by molar-refractivity contribution is 0.0868. The standard InChI is InChI=1S/C16H27NO3S2Si/c1-3-10-23-21-12-14-6-7-15(18)11-17(14)22(19,20)16-8-4-13(2)5-9-16/h4-5,8-9,14-15,18H,3,6-7,10-12,23H2,1-2H3/t14-,15+/m0/s1. The molecule has 1 N–H and O–H groups in total. The molecule has 1 aromatic rings. The molecule has 1 aliphatic heterocycles. The number of sulfonamides is 1. The van der Waals surface area contributed by atoms with Crippen LogP contribution >= 0.6 is 11.2 Å². The fourth-order valence-corrected chi connectivity index (χ4v) is 8.61. The molecule has 0 radical (unpaired) electrons. The van der Waals surface area contributed by atoms with Crippen molar-refractivity contribution in [3.05, 3.63) is 29.8 Å². The monoisotopic (exact) mass is 373 g/mol. The zero-order valence-electron chi connectivity index (χ0n) is 13.9. The van der Waals surface area contributed by atoms with Gasteiger partial charge in [-0.3, -0.25) is 0 Å². The molecule has 2 rings (SSSR count). The molecule has 2 atom stereocenters. The molecule has 4 nitrogen and oxygen atoms in total. The van der Waals surface area contributed by atoms with Gasteiger partial charge in [-0.25, -0.2) is 8.42 Å². The summed E-state index contributed by atoms with van der Waals surface area (Å²) in [4.78, 5) is 0.331. The van der Waals surface area contributed by atoms with Gasteiger partial charge in [0.05, 0.1) is 19.7 Å². The Hall–Kier alpha value is -0.343. The average Bonchev–Trinajstić information content (AvgIpc) is 2.53. The van der Waals surface area contributed by atoms with E-state index in [0.717, 1.165) is 17.7 Å². The van der Waals surface area contributed by atoms with E-state index in [1.54, 1.807) is 16.4 Å². The van der Waals surface area contributed by atoms with E-state index < -0.39 is 16.1 Å². The first-order valence-electron chi connectivity index (χ1n) is 8.29. The molecule has 1 saturated heterocycles. The maximum Gasteiger partial charge on any atom is 0.243 e. The molecule has 1 aliphatic rings. The first-order chi connectivity index (χ1) is 10.9. The molecule has 0 spiro atoms. The van der Waals surface area contributed by atoms with Crippen LogP contribution in [0.3, 0.4) is 0 Å². The highest BCUT2D eigenvalue weighted by Crippen LogP contribution is 2.27. The third-order valence-electron chi connectivity index (χ3n) is 4.21. The van der Waals surface area contributed by atoms with Crippen molar-refractivity contribution < 1.29 is 13.5 Å². The molecular formula is C16H27NO3S2Si. The van der Waals surface area contributed by atoms with E-state index in [4.69, 9.17) is 0 Å². The molecule has 0 unspecified atom stereocenters. The summed E-state index contributed by atoms with van der Waals surface area (Å²) in [5, 5.41) is 9.96. The SMILES string of the molecule is CCC[SiH2]SC[C@@H]1CC[C@@H](O)CN1S(=O)(=O)c1ccc(C)cc1. The zero-order valence-corrected chi connectivity index (χ0v) is 17.0. The van der Waals surface area contributed by atoms with Crippen LogP contribution in [0.5, 0.6) is 0 Å². The Bertz CT molecular complexity index is 592. The van der Waals surface area contributed by atoms with Gasteiger partial charge in [-0.05, 0) is 31.9 Å². The van der Waals surface area contributed by atoms with Crippen molar-refractivity contribution in [2.24, 2.45) is 0 Å². The average molecular weight is 374 g/mol. The van der Waals surface area contributed by atoms with Crippen LogP contribution in [0.1, 0.15) is 31.7 Å². The number of aliphatic hydroxyl groups is 1. The smallest absolute Gasteiger partial charge is 0.243 e. The highest BCUT2D eigenvalue weighted by molar-refractivity contribution is 8.22. The second-order valence-electron chi connectivity index (χ2n) is 6.20. The summed E-state index contributed by atoms with van der Waals surface area (Å²) in [5.41, 5.74) is 1.04. The summed E-state index contributed by atoms with van der Waals surface area (Å²) in [6.45, 7) is 4.36. The molecule has 0 saturated carbocycles. The van der Waals surface area contributed by atoms with Gasteiger partial charge in [0.25, 0.3) is 0 Å². The number of benzene rings is 1. The van der Waals surface area contributed by atoms with Gasteiger partial charge < -0.3 is 5.11 Å². The van der Waals surface area contributed by atoms with Crippen LogP contribution in [0.25, 0.3) is 0 Å². The molecule has 1 heterocycles. The summed E-state index contributed by atoms with van der Waals surface area (Å²) in [6, 6.07) is 8.30. The van der Waals surface area contributed by atoms with Crippen LogP contribution in [0, 0.1) is 6.92 Å². The van der Waals surface area contributed by atoms with Gasteiger partial charge in [0, 0.05) is 18.3 Å². The Kier molecular flexibility index (Phi) is 7.15. The largest absolute Gasteiger partial charge is 0.392 e. The van der Waals surface area contributed by atoms with Crippen molar-refractivity contribution in [2.75, 3.05) is 12.3 Å². The third kappa shape index (κ3) is 5.06. The van der Waals surface area contributed by atoms with Crippen LogP contribution < -0.4 is 0 Å². The van der Waals surface area contributed by atoms with E-state index >= 15 is 0 Å². The first-order valence-corrected chi connectivity index (χ1v) is 13.6. The van der Waals surface area contributed by atoms with Crippen molar-refractivity contribution in [1.29, 1.82) is 0 Å². The molecule has 0 aliphatic carbocycles. The normalized spacial score (nSPS) is 23.6. The van der Waals surface area contributed by atoms with Gasteiger partial charge in [0.2, 0.25) is 10.0 Å². The van der Waals surface area contributed by atoms with E-state index in [1.165, 1.54) is 12.5 Å². The van der Waals surface area contributed by atoms with Crippen molar-refractivity contribution in [1.82, 2.24) is 4.31 Å². The lowest BCUT2D eigenvalue weighted by Gasteiger charge is -2.37. The lowest BCUT2D eigenvalue weighted by atomic mass is 10.0. The second kappa shape index (κ2) is 8.67. The van der Waals surface area contributed by atoms with Gasteiger partial charge in [-0.15, -0.1) is 0 Å². The number of hydrogen-bond acceptors (Lipinski definition) is 4. The van der Waals surface area contributed by atoms with Gasteiger partial charge in [0.1, 0.15) is 0 Å². The van der Waals surface area contributed by atoms with Crippen LogP contribution in [0.15, 0.2) is 29.2 Å². The minimum absolute atomic E-state index is 0.0130. The summed E-state index contributed by atoms with van der Waals surface area (Å²) in [6.07, 6.45) is 2.11. The van der Waals surface area contributed by atoms with Crippen LogP contribution in [-0.4, -0.2) is 50.9 Å². The van der Waals surface area contributed by atoms with Crippen LogP contribution in [0.4, 0.5) is 0 Å². The molecule has 7 heteroatoms. The van der Waals surface area contributed by atoms with Crippen molar-refractivity contribution in [3.63, 3.8) is 0 Å². The number of rotatable bonds is 7. The maximum atomic E-state index is 13.0. The Balaban J connectivity index is 2.15. The quantitative estimate of drug-likeness (QED) is 0.588. The predicted molar refractivity (Wildman–Crippen MR) is 100 cm³/mol. The van der Waals surface area contributed by atoms with Crippen molar-refractivity contribution in [3.8, 4) is 0 Å². The fraction of sp³-hybridized carbons (Fsp3) is 0.625. The lowest BCUT2D eigenvalue weighted by Crippen LogP contribution is -2.49. The first kappa shape index (κ1) is 19.0. The van der Waals surface area contributed by atoms with E-state index in [1.807, 2.05) is 30.3 Å². The van der Waals surface area contributed by atoms with E-state index in [-0.39, 0.29) is 21.3 Å². The van der Waals surface area contributed by atoms with Gasteiger partial charge in [0.15, 0.2) is 0 Å². The topological polar surface area (TPSA) is 57.6 Å². The maximum absolute atomic E-state index is 13.0. The summed E-state index contributed by atoms with van der Waals surface area (Å²) in [7, 11) is -3.68. The van der Waals surface area contributed by atoms with E-state index in [2.05, 4.69) is 6.92 Å². The highest BCUT2D eigenvalue weighted by Gasteiger charge is 2.36. The van der Waals surface area contributed by atoms with Gasteiger partial charge >= 0.3 is 0 Å². The van der Waals surface area contributed by atoms with Gasteiger partial charge in [-0.1, -0.05) is 37.1 Å². The molecule has 23 heavy (non-hydrogen) atoms. The zero-order chi connectivity index (χ0) is 16.9. The Morgan fingerprint density at radius 3 is 2.65 bits per heavy atom. The molecule has 0 aromatic heterocycles. The summed E-state index contributed by atoms with van der Waals surface area (Å²) < 4.78 is 27.5. The molecular weight excluding hydrogens is 346 g/mol. The Morgan fingerprint density at radius 1 is 1.30 bits per heavy atom. The van der Waals surface area contributed by atoms with Crippen molar-refractivity contribution >= 4 is 29.9 Å². The third-order valence-corrected chi connectivity index (χ3v) is 10.5. The number of piperidine rings is 1. The Labute approximate surface area is 146 Å².